The predicted molar refractivity (Wildman–Crippen MR) is 132 cm³/mol. The topological polar surface area (TPSA) is 134 Å². The number of carbonyl (C=O) groups is 3. The van der Waals surface area contributed by atoms with E-state index in [0.717, 1.165) is 0 Å². The largest absolute Gasteiger partial charge is 0.465 e. The molecule has 3 aromatic rings. The van der Waals surface area contributed by atoms with Crippen molar-refractivity contribution in [2.75, 3.05) is 42.8 Å². The molecule has 0 radical (unpaired) electrons. The van der Waals surface area contributed by atoms with Crippen molar-refractivity contribution in [3.8, 4) is 11.3 Å². The van der Waals surface area contributed by atoms with Gasteiger partial charge in [0, 0.05) is 37.9 Å². The molecule has 0 aliphatic heterocycles. The van der Waals surface area contributed by atoms with E-state index >= 15 is 0 Å². The zero-order valence-electron chi connectivity index (χ0n) is 19.4. The van der Waals surface area contributed by atoms with Crippen molar-refractivity contribution in [3.63, 3.8) is 0 Å². The summed E-state index contributed by atoms with van der Waals surface area (Å²) in [5.74, 6) is -0.535. The highest BCUT2D eigenvalue weighted by atomic mass is 35.5. The van der Waals surface area contributed by atoms with Crippen molar-refractivity contribution in [1.82, 2.24) is 5.16 Å². The molecule has 0 saturated carbocycles. The lowest BCUT2D eigenvalue weighted by molar-refractivity contribution is -0.115. The fourth-order valence-corrected chi connectivity index (χ4v) is 3.62. The number of Topliss-reactive ketones (excluding diaryl/α,β-unsaturated/α-hetero) is 1. The number of amides is 2. The Morgan fingerprint density at radius 3 is 2.54 bits per heavy atom. The zero-order chi connectivity index (χ0) is 25.5. The number of benzene rings is 2. The van der Waals surface area contributed by atoms with E-state index in [-0.39, 0.29) is 16.4 Å². The van der Waals surface area contributed by atoms with Crippen molar-refractivity contribution >= 4 is 46.4 Å². The molecule has 0 saturated heterocycles. The molecule has 1 aromatic heterocycles. The van der Waals surface area contributed by atoms with Gasteiger partial charge in [-0.25, -0.2) is 4.79 Å². The zero-order valence-corrected chi connectivity index (χ0v) is 20.2. The Bertz CT molecular complexity index is 1240. The van der Waals surface area contributed by atoms with Gasteiger partial charge >= 0.3 is 6.09 Å². The van der Waals surface area contributed by atoms with Gasteiger partial charge in [0.15, 0.2) is 11.5 Å². The van der Waals surface area contributed by atoms with Gasteiger partial charge in [0.05, 0.1) is 40.8 Å². The van der Waals surface area contributed by atoms with Gasteiger partial charge in [-0.3, -0.25) is 14.9 Å². The van der Waals surface area contributed by atoms with Crippen molar-refractivity contribution in [1.29, 1.82) is 0 Å². The number of ketones is 1. The number of hydrogen-bond donors (Lipinski definition) is 3. The second kappa shape index (κ2) is 11.5. The van der Waals surface area contributed by atoms with E-state index in [4.69, 9.17) is 20.9 Å². The van der Waals surface area contributed by atoms with Crippen LogP contribution < -0.4 is 15.5 Å². The van der Waals surface area contributed by atoms with Gasteiger partial charge in [-0.15, -0.1) is 0 Å². The Kier molecular flexibility index (Phi) is 8.45. The molecular formula is C24H25ClN4O6. The number of rotatable bonds is 10. The van der Waals surface area contributed by atoms with Gasteiger partial charge in [0.1, 0.15) is 0 Å². The van der Waals surface area contributed by atoms with Crippen LogP contribution in [-0.4, -0.2) is 55.4 Å². The van der Waals surface area contributed by atoms with Crippen molar-refractivity contribution in [2.45, 2.75) is 13.3 Å². The summed E-state index contributed by atoms with van der Waals surface area (Å²) >= 11 is 6.38. The molecular weight excluding hydrogens is 476 g/mol. The average Bonchev–Trinajstić information content (AvgIpc) is 3.25. The number of hydrogen-bond acceptors (Lipinski definition) is 7. The standard InChI is InChI=1S/C24H25ClN4O6/c1-14-9-22(35-28-14)16-6-4-5-15(10-16)21(30)13-23(31)26-18-11-17(25)20(29(2)7-8-34-3)12-19(18)27-24(32)33/h4-6,9-12,27H,7-8,13H2,1-3H3,(H,26,31)(H,32,33). The Hall–Kier alpha value is -3.89. The molecule has 0 aliphatic rings. The third kappa shape index (κ3) is 6.81. The monoisotopic (exact) mass is 500 g/mol. The molecule has 10 nitrogen and oxygen atoms in total. The highest BCUT2D eigenvalue weighted by molar-refractivity contribution is 6.34. The number of carboxylic acid groups (broad SMARTS) is 1. The Balaban J connectivity index is 1.77. The molecule has 1 heterocycles. The second-order valence-electron chi connectivity index (χ2n) is 7.76. The molecule has 2 amide bonds. The van der Waals surface area contributed by atoms with Crippen LogP contribution in [-0.2, 0) is 9.53 Å². The first-order valence-electron chi connectivity index (χ1n) is 10.6. The minimum absolute atomic E-state index is 0.115. The highest BCUT2D eigenvalue weighted by Gasteiger charge is 2.18. The number of likely N-dealkylation sites (N-methyl/N-ethyl adjacent to an activating group) is 1. The maximum absolute atomic E-state index is 12.7. The van der Waals surface area contributed by atoms with E-state index in [1.165, 1.54) is 12.1 Å². The van der Waals surface area contributed by atoms with E-state index < -0.39 is 24.2 Å². The molecule has 0 aliphatic carbocycles. The molecule has 2 aromatic carbocycles. The van der Waals surface area contributed by atoms with Crippen LogP contribution in [0.5, 0.6) is 0 Å². The van der Waals surface area contributed by atoms with Crippen LogP contribution in [0.15, 0.2) is 47.0 Å². The van der Waals surface area contributed by atoms with Crippen LogP contribution >= 0.6 is 11.6 Å². The van der Waals surface area contributed by atoms with Gasteiger partial charge in [0.25, 0.3) is 0 Å². The molecule has 11 heteroatoms. The highest BCUT2D eigenvalue weighted by Crippen LogP contribution is 2.35. The first-order valence-corrected chi connectivity index (χ1v) is 11.0. The van der Waals surface area contributed by atoms with Crippen LogP contribution in [0.1, 0.15) is 22.5 Å². The number of nitrogens with zero attached hydrogens (tertiary/aromatic N) is 2. The van der Waals surface area contributed by atoms with Gasteiger partial charge < -0.3 is 24.6 Å². The van der Waals surface area contributed by atoms with Crippen LogP contribution in [0.3, 0.4) is 0 Å². The third-order valence-electron chi connectivity index (χ3n) is 5.06. The van der Waals surface area contributed by atoms with Crippen LogP contribution in [0.2, 0.25) is 5.02 Å². The number of methoxy groups -OCH3 is 1. The van der Waals surface area contributed by atoms with Crippen molar-refractivity contribution < 1.29 is 28.8 Å². The minimum Gasteiger partial charge on any atom is -0.465 e. The maximum atomic E-state index is 12.7. The lowest BCUT2D eigenvalue weighted by Gasteiger charge is -2.22. The number of anilines is 3. The van der Waals surface area contributed by atoms with Crippen LogP contribution in [0.4, 0.5) is 21.9 Å². The molecule has 0 spiro atoms. The summed E-state index contributed by atoms with van der Waals surface area (Å²) < 4.78 is 10.3. The summed E-state index contributed by atoms with van der Waals surface area (Å²) in [4.78, 5) is 38.5. The summed E-state index contributed by atoms with van der Waals surface area (Å²) in [7, 11) is 3.34. The number of carbonyl (C=O) groups excluding carboxylic acids is 2. The van der Waals surface area contributed by atoms with Crippen LogP contribution in [0, 0.1) is 6.92 Å². The van der Waals surface area contributed by atoms with Crippen molar-refractivity contribution in [3.05, 3.63) is 58.7 Å². The van der Waals surface area contributed by atoms with Gasteiger partial charge in [0.2, 0.25) is 5.91 Å². The lowest BCUT2D eigenvalue weighted by Crippen LogP contribution is -2.23. The van der Waals surface area contributed by atoms with E-state index in [9.17, 15) is 19.5 Å². The Morgan fingerprint density at radius 1 is 1.14 bits per heavy atom. The fraction of sp³-hybridized carbons (Fsp3) is 0.250. The number of aromatic nitrogens is 1. The molecule has 0 atom stereocenters. The quantitative estimate of drug-likeness (QED) is 0.269. The molecule has 3 N–H and O–H groups in total. The molecule has 0 fully saturated rings. The molecule has 184 valence electrons. The Morgan fingerprint density at radius 2 is 1.89 bits per heavy atom. The second-order valence-corrected chi connectivity index (χ2v) is 8.16. The third-order valence-corrected chi connectivity index (χ3v) is 5.37. The molecule has 35 heavy (non-hydrogen) atoms. The average molecular weight is 501 g/mol. The number of aryl methyl sites for hydroxylation is 1. The fourth-order valence-electron chi connectivity index (χ4n) is 3.31. The molecule has 0 bridgehead atoms. The van der Waals surface area contributed by atoms with E-state index in [0.29, 0.717) is 41.4 Å². The summed E-state index contributed by atoms with van der Waals surface area (Å²) in [6.45, 7) is 2.73. The minimum atomic E-state index is -1.32. The number of halogens is 1. The van der Waals surface area contributed by atoms with Gasteiger partial charge in [-0.2, -0.15) is 0 Å². The first-order chi connectivity index (χ1) is 16.7. The van der Waals surface area contributed by atoms with Crippen LogP contribution in [0.25, 0.3) is 11.3 Å². The van der Waals surface area contributed by atoms with E-state index in [2.05, 4.69) is 15.8 Å². The van der Waals surface area contributed by atoms with Gasteiger partial charge in [-0.1, -0.05) is 35.0 Å². The Labute approximate surface area is 206 Å². The smallest absolute Gasteiger partial charge is 0.409 e. The molecule has 0 unspecified atom stereocenters. The maximum Gasteiger partial charge on any atom is 0.409 e. The SMILES string of the molecule is COCCN(C)c1cc(NC(=O)O)c(NC(=O)CC(=O)c2cccc(-c3cc(C)no3)c2)cc1Cl. The number of nitrogens with one attached hydrogen (secondary N) is 2. The summed E-state index contributed by atoms with van der Waals surface area (Å²) in [6.07, 6.45) is -1.78. The van der Waals surface area contributed by atoms with Gasteiger partial charge in [-0.05, 0) is 25.1 Å². The summed E-state index contributed by atoms with van der Waals surface area (Å²) in [5.41, 5.74) is 2.47. The summed E-state index contributed by atoms with van der Waals surface area (Å²) in [5, 5.41) is 18.2. The van der Waals surface area contributed by atoms with E-state index in [1.807, 2.05) is 0 Å². The lowest BCUT2D eigenvalue weighted by atomic mass is 10.0. The first kappa shape index (κ1) is 25.7. The summed E-state index contributed by atoms with van der Waals surface area (Å²) in [6, 6.07) is 11.4. The predicted octanol–water partition coefficient (Wildman–Crippen LogP) is 4.69. The number of ether oxygens (including phenoxy) is 1. The normalized spacial score (nSPS) is 10.6. The van der Waals surface area contributed by atoms with Crippen molar-refractivity contribution in [2.24, 2.45) is 0 Å². The van der Waals surface area contributed by atoms with E-state index in [1.54, 1.807) is 56.3 Å². The molecule has 3 rings (SSSR count).